The van der Waals surface area contributed by atoms with Crippen LogP contribution in [-0.2, 0) is 20.9 Å². The fraction of sp³-hybridized carbons (Fsp3) is 0.433. The largest absolute Gasteiger partial charge is 0.382 e. The van der Waals surface area contributed by atoms with Gasteiger partial charge >= 0.3 is 0 Å². The first kappa shape index (κ1) is 29.6. The summed E-state index contributed by atoms with van der Waals surface area (Å²) in [7, 11) is 0. The van der Waals surface area contributed by atoms with Gasteiger partial charge in [0.05, 0.1) is 29.8 Å². The molecule has 43 heavy (non-hydrogen) atoms. The lowest BCUT2D eigenvalue weighted by atomic mass is 9.73. The highest BCUT2D eigenvalue weighted by molar-refractivity contribution is 7.99. The Balaban J connectivity index is 1.08. The number of nitrogens with two attached hydrogens (primary N) is 2. The van der Waals surface area contributed by atoms with Crippen molar-refractivity contribution in [2.24, 2.45) is 5.41 Å². The number of piperidine rings is 2. The molecule has 2 aromatic heterocycles. The number of amides is 2. The van der Waals surface area contributed by atoms with Gasteiger partial charge in [0.2, 0.25) is 11.8 Å². The van der Waals surface area contributed by atoms with E-state index in [1.165, 1.54) is 11.8 Å². The average molecular weight is 623 g/mol. The summed E-state index contributed by atoms with van der Waals surface area (Å²) in [5.41, 5.74) is 14.2. The third-order valence-corrected chi connectivity index (χ3v) is 10.4. The van der Waals surface area contributed by atoms with E-state index in [0.717, 1.165) is 47.8 Å². The van der Waals surface area contributed by atoms with E-state index in [2.05, 4.69) is 49.5 Å². The number of ether oxygens (including phenoxy) is 1. The van der Waals surface area contributed by atoms with Crippen LogP contribution in [0.4, 0.5) is 17.5 Å². The molecule has 0 radical (unpaired) electrons. The van der Waals surface area contributed by atoms with Gasteiger partial charge in [-0.05, 0) is 43.4 Å². The Hall–Kier alpha value is -3.45. The number of carbonyl (C=O) groups excluding carboxylic acids is 2. The van der Waals surface area contributed by atoms with Crippen LogP contribution < -0.4 is 27.0 Å². The summed E-state index contributed by atoms with van der Waals surface area (Å²) in [6.07, 6.45) is 6.22. The zero-order chi connectivity index (χ0) is 30.1. The molecule has 1 unspecified atom stereocenters. The number of nitrogen functional groups attached to an aromatic ring is 2. The molecule has 3 fully saturated rings. The van der Waals surface area contributed by atoms with Gasteiger partial charge in [-0.3, -0.25) is 14.9 Å². The van der Waals surface area contributed by atoms with E-state index < -0.39 is 0 Å². The highest BCUT2D eigenvalue weighted by atomic mass is 35.5. The maximum atomic E-state index is 12.4. The number of halogens is 1. The van der Waals surface area contributed by atoms with Crippen LogP contribution in [0.5, 0.6) is 0 Å². The van der Waals surface area contributed by atoms with Crippen molar-refractivity contribution in [3.05, 3.63) is 58.9 Å². The average Bonchev–Trinajstić information content (AvgIpc) is 3.29. The Labute approximate surface area is 259 Å². The van der Waals surface area contributed by atoms with Crippen molar-refractivity contribution in [3.63, 3.8) is 0 Å². The Morgan fingerprint density at radius 2 is 2.00 bits per heavy atom. The van der Waals surface area contributed by atoms with Crippen LogP contribution >= 0.6 is 23.4 Å². The van der Waals surface area contributed by atoms with E-state index in [0.29, 0.717) is 41.9 Å². The van der Waals surface area contributed by atoms with E-state index in [-0.39, 0.29) is 41.1 Å². The molecule has 2 amide bonds. The summed E-state index contributed by atoms with van der Waals surface area (Å²) in [6, 6.07) is 10.0. The summed E-state index contributed by atoms with van der Waals surface area (Å²) in [6.45, 7) is 5.12. The fourth-order valence-electron chi connectivity index (χ4n) is 6.40. The standard InChI is InChI=1S/C30H35ClN8O3S/c1-17-25(35-14-18-3-2-4-19(13-18)20-5-6-23(40)38-28(20)41)30(16-42-17)8-11-39(12-9-30)22-15-36-29(27(33)37-22)43-21-7-10-34-26(32)24(21)31/h2-4,7,10,13,15,17,20,25,35H,5-6,8-9,11-12,14,16H2,1H3,(H2,32,34)(H2,33,37)(H,38,40,41)/t17-,20?,25+/m0/s1. The zero-order valence-electron chi connectivity index (χ0n) is 23.9. The number of nitrogens with one attached hydrogen (secondary N) is 2. The van der Waals surface area contributed by atoms with Gasteiger partial charge in [0.1, 0.15) is 16.7 Å². The van der Waals surface area contributed by atoms with Crippen molar-refractivity contribution in [1.29, 1.82) is 0 Å². The van der Waals surface area contributed by atoms with Gasteiger partial charge in [-0.2, -0.15) is 0 Å². The lowest BCUT2D eigenvalue weighted by Crippen LogP contribution is -2.52. The second kappa shape index (κ2) is 12.3. The van der Waals surface area contributed by atoms with Gasteiger partial charge in [0.25, 0.3) is 0 Å². The summed E-state index contributed by atoms with van der Waals surface area (Å²) in [4.78, 5) is 40.2. The Kier molecular flexibility index (Phi) is 8.45. The Morgan fingerprint density at radius 3 is 2.77 bits per heavy atom. The summed E-state index contributed by atoms with van der Waals surface area (Å²) in [5, 5.41) is 7.18. The molecule has 5 heterocycles. The molecule has 3 aliphatic heterocycles. The maximum Gasteiger partial charge on any atom is 0.234 e. The molecule has 1 aromatic carbocycles. The molecule has 1 spiro atoms. The fourth-order valence-corrected chi connectivity index (χ4v) is 7.41. The van der Waals surface area contributed by atoms with Crippen LogP contribution in [0.15, 0.2) is 52.6 Å². The summed E-state index contributed by atoms with van der Waals surface area (Å²) in [5.74, 6) is 0.641. The third-order valence-electron chi connectivity index (χ3n) is 8.80. The molecule has 13 heteroatoms. The summed E-state index contributed by atoms with van der Waals surface area (Å²) < 4.78 is 6.20. The minimum Gasteiger partial charge on any atom is -0.382 e. The molecule has 3 aromatic rings. The van der Waals surface area contributed by atoms with Crippen LogP contribution in [0.2, 0.25) is 5.02 Å². The van der Waals surface area contributed by atoms with E-state index in [1.807, 2.05) is 12.1 Å². The van der Waals surface area contributed by atoms with Crippen molar-refractivity contribution in [2.75, 3.05) is 36.1 Å². The first-order chi connectivity index (χ1) is 20.7. The highest BCUT2D eigenvalue weighted by Crippen LogP contribution is 2.43. The molecule has 226 valence electrons. The first-order valence-corrected chi connectivity index (χ1v) is 15.6. The maximum absolute atomic E-state index is 12.4. The molecule has 0 saturated carbocycles. The molecule has 11 nitrogen and oxygen atoms in total. The van der Waals surface area contributed by atoms with E-state index in [9.17, 15) is 9.59 Å². The van der Waals surface area contributed by atoms with Gasteiger partial charge in [-0.25, -0.2) is 15.0 Å². The van der Waals surface area contributed by atoms with Crippen LogP contribution in [-0.4, -0.2) is 58.6 Å². The van der Waals surface area contributed by atoms with Gasteiger partial charge in [-0.15, -0.1) is 0 Å². The van der Waals surface area contributed by atoms with Crippen molar-refractivity contribution in [2.45, 2.75) is 67.1 Å². The number of hydrogen-bond donors (Lipinski definition) is 4. The zero-order valence-corrected chi connectivity index (χ0v) is 25.5. The number of hydrogen-bond acceptors (Lipinski definition) is 11. The number of carbonyl (C=O) groups is 2. The van der Waals surface area contributed by atoms with E-state index >= 15 is 0 Å². The monoisotopic (exact) mass is 622 g/mol. The molecular formula is C30H35ClN8O3S. The smallest absolute Gasteiger partial charge is 0.234 e. The molecule has 0 bridgehead atoms. The van der Waals surface area contributed by atoms with E-state index in [1.54, 1.807) is 18.5 Å². The van der Waals surface area contributed by atoms with E-state index in [4.69, 9.17) is 27.8 Å². The number of pyridine rings is 1. The number of benzene rings is 1. The van der Waals surface area contributed by atoms with Crippen LogP contribution in [0.25, 0.3) is 0 Å². The first-order valence-electron chi connectivity index (χ1n) is 14.5. The van der Waals surface area contributed by atoms with Crippen molar-refractivity contribution in [1.82, 2.24) is 25.6 Å². The second-order valence-corrected chi connectivity index (χ2v) is 12.9. The molecule has 6 rings (SSSR count). The number of anilines is 3. The molecule has 6 N–H and O–H groups in total. The highest BCUT2D eigenvalue weighted by Gasteiger charge is 2.49. The number of nitrogens with zero attached hydrogens (tertiary/aromatic N) is 4. The van der Waals surface area contributed by atoms with Gasteiger partial charge in [-0.1, -0.05) is 47.6 Å². The molecule has 0 aliphatic carbocycles. The SMILES string of the molecule is C[C@@H]1OCC2(CCN(c3cnc(Sc4ccnc(N)c4Cl)c(N)n3)CC2)[C@@H]1NCc1cccc(C2CCC(=O)NC2=O)c1. The number of rotatable bonds is 7. The molecule has 3 saturated heterocycles. The molecule has 3 atom stereocenters. The topological polar surface area (TPSA) is 161 Å². The van der Waals surface area contributed by atoms with Crippen LogP contribution in [0, 0.1) is 5.41 Å². The Bertz CT molecular complexity index is 1530. The van der Waals surface area contributed by atoms with Crippen molar-refractivity contribution >= 4 is 52.6 Å². The Morgan fingerprint density at radius 1 is 1.19 bits per heavy atom. The minimum absolute atomic E-state index is 0.00390. The molecular weight excluding hydrogens is 588 g/mol. The van der Waals surface area contributed by atoms with Crippen molar-refractivity contribution in [3.8, 4) is 0 Å². The quantitative estimate of drug-likeness (QED) is 0.285. The minimum atomic E-state index is -0.293. The lowest BCUT2D eigenvalue weighted by molar-refractivity contribution is -0.134. The van der Waals surface area contributed by atoms with Gasteiger partial charge in [0, 0.05) is 48.6 Å². The number of aromatic nitrogens is 3. The van der Waals surface area contributed by atoms with Gasteiger partial charge in [0.15, 0.2) is 5.82 Å². The third kappa shape index (κ3) is 6.14. The molecule has 3 aliphatic rings. The second-order valence-electron chi connectivity index (χ2n) is 11.5. The number of imide groups is 1. The van der Waals surface area contributed by atoms with Crippen LogP contribution in [0.3, 0.4) is 0 Å². The lowest BCUT2D eigenvalue weighted by Gasteiger charge is -2.43. The van der Waals surface area contributed by atoms with Crippen LogP contribution in [0.1, 0.15) is 49.7 Å². The van der Waals surface area contributed by atoms with Gasteiger partial charge < -0.3 is 26.4 Å². The normalized spacial score (nSPS) is 23.5. The van der Waals surface area contributed by atoms with Crippen molar-refractivity contribution < 1.29 is 14.3 Å². The predicted octanol–water partition coefficient (Wildman–Crippen LogP) is 3.52. The summed E-state index contributed by atoms with van der Waals surface area (Å²) >= 11 is 7.60. The predicted molar refractivity (Wildman–Crippen MR) is 166 cm³/mol.